The van der Waals surface area contributed by atoms with Gasteiger partial charge in [-0.3, -0.25) is 9.59 Å². The van der Waals surface area contributed by atoms with Crippen molar-refractivity contribution in [1.82, 2.24) is 0 Å². The topological polar surface area (TPSA) is 56.5 Å². The third-order valence-electron chi connectivity index (χ3n) is 9.06. The Morgan fingerprint density at radius 1 is 1.17 bits per heavy atom. The summed E-state index contributed by atoms with van der Waals surface area (Å²) in [4.78, 5) is 25.9. The summed E-state index contributed by atoms with van der Waals surface area (Å²) in [5, 5.41) is 0. The number of rotatable bonds is 5. The van der Waals surface area contributed by atoms with Crippen molar-refractivity contribution in [2.75, 3.05) is 7.11 Å². The van der Waals surface area contributed by atoms with Crippen LogP contribution >= 0.6 is 0 Å². The van der Waals surface area contributed by atoms with Crippen LogP contribution in [0.5, 0.6) is 5.95 Å². The molecule has 2 fully saturated rings. The molecule has 1 heterocycles. The van der Waals surface area contributed by atoms with Crippen molar-refractivity contribution in [3.05, 3.63) is 38.8 Å². The molecule has 5 unspecified atom stereocenters. The quantitative estimate of drug-likeness (QED) is 0.656. The molecule has 4 nitrogen and oxygen atoms in total. The second kappa shape index (κ2) is 5.86. The van der Waals surface area contributed by atoms with Crippen LogP contribution in [0, 0.1) is 48.3 Å². The van der Waals surface area contributed by atoms with Crippen molar-refractivity contribution in [2.24, 2.45) is 34.5 Å². The lowest BCUT2D eigenvalue weighted by Crippen LogP contribution is -2.50. The molecule has 4 aliphatic carbocycles. The van der Waals surface area contributed by atoms with E-state index in [0.29, 0.717) is 41.1 Å². The van der Waals surface area contributed by atoms with Gasteiger partial charge in [-0.05, 0) is 49.4 Å². The van der Waals surface area contributed by atoms with Gasteiger partial charge in [0.2, 0.25) is 0 Å². The van der Waals surface area contributed by atoms with Crippen LogP contribution < -0.4 is 10.2 Å². The maximum absolute atomic E-state index is 13.0. The third-order valence-corrected chi connectivity index (χ3v) is 9.06. The Kier molecular flexibility index (Phi) is 4.13. The molecule has 0 aromatic carbocycles. The molecule has 2 saturated carbocycles. The van der Waals surface area contributed by atoms with Crippen molar-refractivity contribution in [2.45, 2.75) is 67.2 Å². The zero-order valence-electron chi connectivity index (χ0n) is 19.2. The summed E-state index contributed by atoms with van der Waals surface area (Å²) in [6, 6.07) is 0. The van der Waals surface area contributed by atoms with Crippen molar-refractivity contribution in [3.8, 4) is 5.95 Å². The first-order valence-electron chi connectivity index (χ1n) is 10.8. The Labute approximate surface area is 173 Å². The van der Waals surface area contributed by atoms with E-state index in [-0.39, 0.29) is 33.5 Å². The SMILES string of the molecule is CCC(=O)[C@H](C)C1(C)C2C3C2(C)C=C(C)C1[C@@]3(C)c1oc(OC)c(C)c(=O)c1C. The van der Waals surface area contributed by atoms with Gasteiger partial charge in [-0.2, -0.15) is 0 Å². The van der Waals surface area contributed by atoms with Crippen LogP contribution in [0.1, 0.15) is 64.9 Å². The second-order valence-electron chi connectivity index (χ2n) is 10.3. The summed E-state index contributed by atoms with van der Waals surface area (Å²) in [5.41, 5.74) is 2.06. The standard InChI is InChI=1S/C25H34O4/c1-10-16(26)15(5)24(7)18-12(2)11-23(6)19(24)20(23)25(18,8)21-13(3)17(27)14(4)22(28-9)29-21/h11,15,18-20H,10H2,1-9H3/t15-,18?,19?,20?,23?,24?,25+/m0/s1. The van der Waals surface area contributed by atoms with Crippen LogP contribution in [0.25, 0.3) is 0 Å². The molecular formula is C25H34O4. The maximum Gasteiger partial charge on any atom is 0.291 e. The van der Waals surface area contributed by atoms with Crippen LogP contribution in [0.15, 0.2) is 20.9 Å². The number of hydrogen-bond acceptors (Lipinski definition) is 4. The lowest BCUT2D eigenvalue weighted by Gasteiger charge is -2.52. The molecule has 29 heavy (non-hydrogen) atoms. The lowest BCUT2D eigenvalue weighted by atomic mass is 9.51. The highest BCUT2D eigenvalue weighted by molar-refractivity contribution is 5.82. The minimum Gasteiger partial charge on any atom is -0.468 e. The molecule has 1 aromatic rings. The maximum atomic E-state index is 13.0. The largest absolute Gasteiger partial charge is 0.468 e. The van der Waals surface area contributed by atoms with E-state index in [0.717, 1.165) is 5.76 Å². The zero-order chi connectivity index (χ0) is 21.7. The van der Waals surface area contributed by atoms with Gasteiger partial charge in [0.15, 0.2) is 5.43 Å². The van der Waals surface area contributed by atoms with E-state index in [1.54, 1.807) is 14.0 Å². The van der Waals surface area contributed by atoms with Crippen LogP contribution in [0.3, 0.4) is 0 Å². The lowest BCUT2D eigenvalue weighted by molar-refractivity contribution is -0.128. The third kappa shape index (κ3) is 2.11. The Hall–Kier alpha value is -1.84. The first-order chi connectivity index (χ1) is 13.4. The Bertz CT molecular complexity index is 1000. The van der Waals surface area contributed by atoms with Gasteiger partial charge in [-0.1, -0.05) is 46.3 Å². The van der Waals surface area contributed by atoms with Gasteiger partial charge < -0.3 is 9.15 Å². The Balaban J connectivity index is 1.99. The summed E-state index contributed by atoms with van der Waals surface area (Å²) >= 11 is 0. The molecule has 0 saturated heterocycles. The van der Waals surface area contributed by atoms with Crippen molar-refractivity contribution in [1.29, 1.82) is 0 Å². The van der Waals surface area contributed by atoms with Crippen LogP contribution in [-0.2, 0) is 10.2 Å². The average molecular weight is 399 g/mol. The van der Waals surface area contributed by atoms with E-state index in [1.807, 2.05) is 13.8 Å². The van der Waals surface area contributed by atoms with Crippen LogP contribution in [-0.4, -0.2) is 12.9 Å². The van der Waals surface area contributed by atoms with Gasteiger partial charge in [0, 0.05) is 23.3 Å². The molecule has 4 bridgehead atoms. The molecule has 158 valence electrons. The van der Waals surface area contributed by atoms with E-state index in [2.05, 4.69) is 40.7 Å². The summed E-state index contributed by atoms with van der Waals surface area (Å²) in [7, 11) is 1.55. The van der Waals surface area contributed by atoms with Gasteiger partial charge in [-0.15, -0.1) is 0 Å². The summed E-state index contributed by atoms with van der Waals surface area (Å²) in [5.74, 6) is 2.28. The van der Waals surface area contributed by atoms with Crippen LogP contribution in [0.4, 0.5) is 0 Å². The summed E-state index contributed by atoms with van der Waals surface area (Å²) < 4.78 is 11.8. The molecule has 1 aromatic heterocycles. The minimum absolute atomic E-state index is 0.00419. The highest BCUT2D eigenvalue weighted by Crippen LogP contribution is 2.87. The number of carbonyl (C=O) groups is 1. The number of hydrogen-bond donors (Lipinski definition) is 0. The highest BCUT2D eigenvalue weighted by Gasteiger charge is 2.85. The molecule has 0 amide bonds. The molecule has 0 radical (unpaired) electrons. The number of ether oxygens (including phenoxy) is 1. The van der Waals surface area contributed by atoms with Gasteiger partial charge in [-0.25, -0.2) is 0 Å². The molecule has 0 N–H and O–H groups in total. The normalized spacial score (nSPS) is 40.4. The van der Waals surface area contributed by atoms with Gasteiger partial charge in [0.05, 0.1) is 12.7 Å². The van der Waals surface area contributed by atoms with Gasteiger partial charge in [0.1, 0.15) is 11.5 Å². The molecule has 4 aliphatic rings. The first kappa shape index (κ1) is 20.4. The van der Waals surface area contributed by atoms with E-state index in [1.165, 1.54) is 5.57 Å². The van der Waals surface area contributed by atoms with Crippen LogP contribution in [0.2, 0.25) is 0 Å². The van der Waals surface area contributed by atoms with Gasteiger partial charge in [0.25, 0.3) is 5.95 Å². The van der Waals surface area contributed by atoms with E-state index < -0.39 is 0 Å². The summed E-state index contributed by atoms with van der Waals surface area (Å²) in [6.07, 6.45) is 2.99. The number of methoxy groups -OCH3 is 1. The fourth-order valence-electron chi connectivity index (χ4n) is 8.15. The second-order valence-corrected chi connectivity index (χ2v) is 10.3. The Morgan fingerprint density at radius 3 is 2.34 bits per heavy atom. The minimum atomic E-state index is -0.334. The van der Waals surface area contributed by atoms with Crippen molar-refractivity contribution < 1.29 is 13.9 Å². The first-order valence-corrected chi connectivity index (χ1v) is 10.8. The molecular weight excluding hydrogens is 364 g/mol. The fraction of sp³-hybridized carbons (Fsp3) is 0.680. The van der Waals surface area contributed by atoms with E-state index in [4.69, 9.17) is 9.15 Å². The predicted octanol–water partition coefficient (Wildman–Crippen LogP) is 4.99. The van der Waals surface area contributed by atoms with Crippen molar-refractivity contribution >= 4 is 5.78 Å². The number of ketones is 1. The molecule has 0 aliphatic heterocycles. The number of allylic oxidation sites excluding steroid dienone is 2. The fourth-order valence-corrected chi connectivity index (χ4v) is 8.15. The molecule has 7 atom stereocenters. The van der Waals surface area contributed by atoms with E-state index in [9.17, 15) is 9.59 Å². The molecule has 0 spiro atoms. The molecule has 4 heteroatoms. The van der Waals surface area contributed by atoms with Gasteiger partial charge >= 0.3 is 0 Å². The van der Waals surface area contributed by atoms with Crippen molar-refractivity contribution in [3.63, 3.8) is 0 Å². The van der Waals surface area contributed by atoms with E-state index >= 15 is 0 Å². The Morgan fingerprint density at radius 2 is 1.79 bits per heavy atom. The zero-order valence-corrected chi connectivity index (χ0v) is 19.2. The smallest absolute Gasteiger partial charge is 0.291 e. The number of Topliss-reactive ketones (excluding diaryl/α,β-unsaturated/α-hetero) is 1. The predicted molar refractivity (Wildman–Crippen MR) is 113 cm³/mol. The average Bonchev–Trinajstić information content (AvgIpc) is 3.25. The molecule has 5 rings (SSSR count). The monoisotopic (exact) mass is 398 g/mol. The highest BCUT2D eigenvalue weighted by atomic mass is 16.6. The number of carbonyl (C=O) groups excluding carboxylic acids is 1. The summed E-state index contributed by atoms with van der Waals surface area (Å²) in [6.45, 7) is 16.8.